The van der Waals surface area contributed by atoms with Gasteiger partial charge in [0, 0.05) is 16.2 Å². The first-order valence-corrected chi connectivity index (χ1v) is 7.29. The van der Waals surface area contributed by atoms with Gasteiger partial charge in [0.05, 0.1) is 20.6 Å². The van der Waals surface area contributed by atoms with Crippen LogP contribution in [0.4, 0.5) is 0 Å². The van der Waals surface area contributed by atoms with Crippen LogP contribution in [0.25, 0.3) is 5.57 Å². The van der Waals surface area contributed by atoms with Crippen molar-refractivity contribution in [3.63, 3.8) is 0 Å². The number of aryl methyl sites for hydroxylation is 1. The first kappa shape index (κ1) is 12.1. The molecule has 3 rings (SSSR count). The Morgan fingerprint density at radius 3 is 2.78 bits per heavy atom. The summed E-state index contributed by atoms with van der Waals surface area (Å²) in [4.78, 5) is 17.4. The zero-order valence-electron chi connectivity index (χ0n) is 9.33. The van der Waals surface area contributed by atoms with Crippen LogP contribution in [0.15, 0.2) is 28.2 Å². The fourth-order valence-corrected chi connectivity index (χ4v) is 3.83. The molecule has 0 spiro atoms. The second-order valence-corrected chi connectivity index (χ2v) is 6.06. The summed E-state index contributed by atoms with van der Waals surface area (Å²) in [5.41, 5.74) is 5.21. The molecular weight excluding hydrogens is 334 g/mol. The molecule has 1 aromatic carbocycles. The van der Waals surface area contributed by atoms with Gasteiger partial charge in [-0.25, -0.2) is 4.98 Å². The van der Waals surface area contributed by atoms with Gasteiger partial charge in [-0.1, -0.05) is 17.7 Å². The molecule has 0 N–H and O–H groups in total. The van der Waals surface area contributed by atoms with Crippen LogP contribution in [0.1, 0.15) is 26.5 Å². The number of nitrogens with zero attached hydrogens (tertiary/aromatic N) is 1. The van der Waals surface area contributed by atoms with Crippen molar-refractivity contribution >= 4 is 50.2 Å². The van der Waals surface area contributed by atoms with Gasteiger partial charge >= 0.3 is 0 Å². The van der Waals surface area contributed by atoms with Gasteiger partial charge < -0.3 is 0 Å². The molecule has 0 aliphatic heterocycles. The monoisotopic (exact) mass is 339 g/mol. The molecule has 5 heteroatoms. The third-order valence-corrected chi connectivity index (χ3v) is 4.82. The first-order chi connectivity index (χ1) is 8.59. The van der Waals surface area contributed by atoms with E-state index in [0.717, 1.165) is 21.7 Å². The minimum Gasteiger partial charge on any atom is -0.288 e. The Morgan fingerprint density at radius 2 is 2.11 bits per heavy atom. The molecule has 90 valence electrons. The second-order valence-electron chi connectivity index (χ2n) is 3.97. The summed E-state index contributed by atoms with van der Waals surface area (Å²) in [6.45, 7) is 1.94. The number of carbonyl (C=O) groups excluding carboxylic acids is 1. The molecule has 1 aromatic heterocycles. The number of Topliss-reactive ketones (excluding diaryl/α,β-unsaturated/α-hetero) is 1. The quantitative estimate of drug-likeness (QED) is 0.767. The molecule has 18 heavy (non-hydrogen) atoms. The first-order valence-electron chi connectivity index (χ1n) is 5.24. The lowest BCUT2D eigenvalue weighted by Gasteiger charge is -2.04. The van der Waals surface area contributed by atoms with Crippen LogP contribution in [0.5, 0.6) is 0 Å². The summed E-state index contributed by atoms with van der Waals surface area (Å²) in [6, 6.07) is 5.40. The van der Waals surface area contributed by atoms with E-state index in [1.807, 2.05) is 13.0 Å². The molecule has 0 bridgehead atoms. The van der Waals surface area contributed by atoms with Crippen LogP contribution in [-0.4, -0.2) is 10.8 Å². The molecule has 0 unspecified atom stereocenters. The highest BCUT2D eigenvalue weighted by Gasteiger charge is 2.30. The molecule has 0 radical (unpaired) electrons. The lowest BCUT2D eigenvalue weighted by Crippen LogP contribution is -1.93. The molecule has 0 saturated heterocycles. The summed E-state index contributed by atoms with van der Waals surface area (Å²) in [5.74, 6) is -0.0182. The normalized spacial score (nSPS) is 14.3. The maximum absolute atomic E-state index is 12.2. The predicted octanol–water partition coefficient (Wildman–Crippen LogP) is 4.46. The Morgan fingerprint density at radius 1 is 1.33 bits per heavy atom. The van der Waals surface area contributed by atoms with Crippen molar-refractivity contribution in [1.29, 1.82) is 0 Å². The third-order valence-electron chi connectivity index (χ3n) is 2.89. The number of carbonyl (C=O) groups is 1. The number of fused-ring (bicyclic) bond motifs is 1. The van der Waals surface area contributed by atoms with Gasteiger partial charge in [0.2, 0.25) is 5.78 Å². The van der Waals surface area contributed by atoms with Crippen LogP contribution in [-0.2, 0) is 0 Å². The smallest absolute Gasteiger partial charge is 0.201 e. The maximum atomic E-state index is 12.2. The highest BCUT2D eigenvalue weighted by Crippen LogP contribution is 2.43. The van der Waals surface area contributed by atoms with E-state index in [9.17, 15) is 4.79 Å². The molecule has 0 amide bonds. The number of aromatic nitrogens is 1. The lowest BCUT2D eigenvalue weighted by atomic mass is 10.0. The van der Waals surface area contributed by atoms with Crippen molar-refractivity contribution in [2.75, 3.05) is 0 Å². The van der Waals surface area contributed by atoms with E-state index < -0.39 is 0 Å². The van der Waals surface area contributed by atoms with Crippen LogP contribution in [0, 0.1) is 6.92 Å². The van der Waals surface area contributed by atoms with E-state index >= 15 is 0 Å². The van der Waals surface area contributed by atoms with E-state index in [2.05, 4.69) is 20.9 Å². The molecule has 0 atom stereocenters. The van der Waals surface area contributed by atoms with Gasteiger partial charge in [0.15, 0.2) is 0 Å². The van der Waals surface area contributed by atoms with Crippen molar-refractivity contribution in [1.82, 2.24) is 4.98 Å². The number of hydrogen-bond donors (Lipinski definition) is 0. The summed E-state index contributed by atoms with van der Waals surface area (Å²) in [5, 5.41) is 0.574. The van der Waals surface area contributed by atoms with Gasteiger partial charge in [-0.15, -0.1) is 11.3 Å². The zero-order chi connectivity index (χ0) is 12.9. The van der Waals surface area contributed by atoms with Crippen molar-refractivity contribution in [2.45, 2.75) is 6.92 Å². The van der Waals surface area contributed by atoms with Crippen LogP contribution in [0.3, 0.4) is 0 Å². The average molecular weight is 341 g/mol. The van der Waals surface area contributed by atoms with E-state index in [-0.39, 0.29) is 5.78 Å². The fraction of sp³-hybridized carbons (Fsp3) is 0.0769. The van der Waals surface area contributed by atoms with Gasteiger partial charge in [0.25, 0.3) is 0 Å². The van der Waals surface area contributed by atoms with Gasteiger partial charge in [-0.2, -0.15) is 0 Å². The number of hydrogen-bond acceptors (Lipinski definition) is 3. The zero-order valence-corrected chi connectivity index (χ0v) is 12.5. The van der Waals surface area contributed by atoms with Crippen molar-refractivity contribution < 1.29 is 4.79 Å². The van der Waals surface area contributed by atoms with Gasteiger partial charge in [0.1, 0.15) is 0 Å². The van der Waals surface area contributed by atoms with E-state index in [4.69, 9.17) is 11.6 Å². The number of thiazole rings is 1. The molecule has 1 aliphatic carbocycles. The summed E-state index contributed by atoms with van der Waals surface area (Å²) in [6.07, 6.45) is 0. The highest BCUT2D eigenvalue weighted by atomic mass is 79.9. The standard InChI is InChI=1S/C13H7BrClNOS/c1-6-13(18-5-16-6)10-8-3-2-7(15)4-9(8)12(17)11(10)14/h2-5H,1H3. The molecule has 2 nitrogen and oxygen atoms in total. The largest absolute Gasteiger partial charge is 0.288 e. The topological polar surface area (TPSA) is 30.0 Å². The second kappa shape index (κ2) is 4.30. The Balaban J connectivity index is 2.29. The molecular formula is C13H7BrClNOS. The Bertz CT molecular complexity index is 705. The summed E-state index contributed by atoms with van der Waals surface area (Å²) < 4.78 is 0.590. The number of rotatable bonds is 1. The van der Waals surface area contributed by atoms with E-state index in [1.54, 1.807) is 17.6 Å². The number of allylic oxidation sites excluding steroid dienone is 1. The Labute approximate surface area is 121 Å². The van der Waals surface area contributed by atoms with Gasteiger partial charge in [-0.05, 0) is 40.5 Å². The van der Waals surface area contributed by atoms with E-state index in [0.29, 0.717) is 15.1 Å². The minimum atomic E-state index is -0.0182. The lowest BCUT2D eigenvalue weighted by molar-refractivity contribution is 0.104. The van der Waals surface area contributed by atoms with Crippen LogP contribution >= 0.6 is 38.9 Å². The highest BCUT2D eigenvalue weighted by molar-refractivity contribution is 9.12. The summed E-state index contributed by atoms with van der Waals surface area (Å²) >= 11 is 10.9. The van der Waals surface area contributed by atoms with E-state index in [1.165, 1.54) is 11.3 Å². The van der Waals surface area contributed by atoms with Crippen molar-refractivity contribution in [2.24, 2.45) is 0 Å². The maximum Gasteiger partial charge on any atom is 0.201 e. The van der Waals surface area contributed by atoms with Crippen LogP contribution < -0.4 is 0 Å². The third kappa shape index (κ3) is 1.67. The minimum absolute atomic E-state index is 0.0182. The fourth-order valence-electron chi connectivity index (χ4n) is 2.04. The molecule has 2 aromatic rings. The van der Waals surface area contributed by atoms with Crippen molar-refractivity contribution in [3.8, 4) is 0 Å². The molecule has 0 saturated carbocycles. The molecule has 1 heterocycles. The average Bonchev–Trinajstić information content (AvgIpc) is 2.85. The SMILES string of the molecule is Cc1ncsc1C1=C(Br)C(=O)c2cc(Cl)ccc21. The van der Waals surface area contributed by atoms with Crippen LogP contribution in [0.2, 0.25) is 5.02 Å². The Hall–Kier alpha value is -0.970. The number of halogens is 2. The number of benzene rings is 1. The molecule has 0 fully saturated rings. The van der Waals surface area contributed by atoms with Crippen molar-refractivity contribution in [3.05, 3.63) is 54.9 Å². The number of ketones is 1. The molecule has 1 aliphatic rings. The predicted molar refractivity (Wildman–Crippen MR) is 77.6 cm³/mol. The Kier molecular flexibility index (Phi) is 2.88. The summed E-state index contributed by atoms with van der Waals surface area (Å²) in [7, 11) is 0. The van der Waals surface area contributed by atoms with Gasteiger partial charge in [-0.3, -0.25) is 4.79 Å².